The highest BCUT2D eigenvalue weighted by Gasteiger charge is 2.09. The van der Waals surface area contributed by atoms with Gasteiger partial charge < -0.3 is 10.6 Å². The fourth-order valence-corrected chi connectivity index (χ4v) is 1.88. The van der Waals surface area contributed by atoms with Crippen LogP contribution in [0.3, 0.4) is 0 Å². The molecule has 0 aromatic heterocycles. The van der Waals surface area contributed by atoms with Crippen LogP contribution >= 0.6 is 0 Å². The van der Waals surface area contributed by atoms with Gasteiger partial charge in [-0.2, -0.15) is 0 Å². The van der Waals surface area contributed by atoms with Crippen molar-refractivity contribution in [3.05, 3.63) is 23.8 Å². The number of hydrogen-bond acceptors (Lipinski definition) is 2. The summed E-state index contributed by atoms with van der Waals surface area (Å²) in [4.78, 5) is 2.39. The molecule has 1 rings (SSSR count). The molecule has 1 aromatic carbocycles. The number of nitrogens with two attached hydrogens (primary N) is 1. The van der Waals surface area contributed by atoms with Crippen molar-refractivity contribution >= 4 is 11.4 Å². The van der Waals surface area contributed by atoms with Gasteiger partial charge in [0.15, 0.2) is 0 Å². The van der Waals surface area contributed by atoms with Gasteiger partial charge in [-0.15, -0.1) is 0 Å². The first kappa shape index (κ1) is 11.9. The Morgan fingerprint density at radius 1 is 1.27 bits per heavy atom. The Kier molecular flexibility index (Phi) is 4.01. The van der Waals surface area contributed by atoms with Crippen LogP contribution in [0.25, 0.3) is 0 Å². The lowest BCUT2D eigenvalue weighted by Crippen LogP contribution is -2.31. The summed E-state index contributed by atoms with van der Waals surface area (Å²) in [7, 11) is 0. The quantitative estimate of drug-likeness (QED) is 0.766. The molecule has 0 fully saturated rings. The van der Waals surface area contributed by atoms with Gasteiger partial charge in [-0.3, -0.25) is 0 Å². The van der Waals surface area contributed by atoms with Crippen molar-refractivity contribution in [2.24, 2.45) is 0 Å². The molecule has 0 aliphatic carbocycles. The van der Waals surface area contributed by atoms with Crippen molar-refractivity contribution in [2.75, 3.05) is 17.2 Å². The Bertz CT molecular complexity index is 298. The molecule has 0 aliphatic heterocycles. The van der Waals surface area contributed by atoms with E-state index in [4.69, 9.17) is 5.73 Å². The zero-order valence-electron chi connectivity index (χ0n) is 10.2. The zero-order valence-corrected chi connectivity index (χ0v) is 10.2. The topological polar surface area (TPSA) is 29.3 Å². The standard InChI is InChI=1S/C13H22N2/c1-5-6-15(10(2)3)13-8-11(4)7-12(14)9-13/h7-10H,5-6,14H2,1-4H3. The number of benzene rings is 1. The second kappa shape index (κ2) is 5.06. The average Bonchev–Trinajstić information content (AvgIpc) is 2.11. The van der Waals surface area contributed by atoms with Gasteiger partial charge in [-0.05, 0) is 51.0 Å². The zero-order chi connectivity index (χ0) is 11.4. The number of anilines is 2. The van der Waals surface area contributed by atoms with E-state index in [0.29, 0.717) is 6.04 Å². The van der Waals surface area contributed by atoms with E-state index in [2.05, 4.69) is 44.7 Å². The molecule has 0 radical (unpaired) electrons. The summed E-state index contributed by atoms with van der Waals surface area (Å²) in [5.74, 6) is 0. The van der Waals surface area contributed by atoms with Crippen molar-refractivity contribution in [3.8, 4) is 0 Å². The number of rotatable bonds is 4. The first-order valence-corrected chi connectivity index (χ1v) is 5.68. The molecule has 2 heteroatoms. The Hall–Kier alpha value is -1.18. The third kappa shape index (κ3) is 3.15. The van der Waals surface area contributed by atoms with Crippen LogP contribution in [0.5, 0.6) is 0 Å². The van der Waals surface area contributed by atoms with Gasteiger partial charge in [0.05, 0.1) is 0 Å². The third-order valence-electron chi connectivity index (χ3n) is 2.50. The second-order valence-corrected chi connectivity index (χ2v) is 4.39. The molecule has 0 spiro atoms. The Labute approximate surface area is 93.1 Å². The molecule has 0 bridgehead atoms. The predicted molar refractivity (Wildman–Crippen MR) is 68.4 cm³/mol. The first-order valence-electron chi connectivity index (χ1n) is 5.68. The van der Waals surface area contributed by atoms with Crippen LogP contribution in [0, 0.1) is 6.92 Å². The first-order chi connectivity index (χ1) is 7.04. The van der Waals surface area contributed by atoms with E-state index in [9.17, 15) is 0 Å². The van der Waals surface area contributed by atoms with Crippen molar-refractivity contribution in [3.63, 3.8) is 0 Å². The molecule has 15 heavy (non-hydrogen) atoms. The number of aryl methyl sites for hydroxylation is 1. The Morgan fingerprint density at radius 3 is 2.40 bits per heavy atom. The molecule has 1 aromatic rings. The van der Waals surface area contributed by atoms with Crippen LogP contribution in [-0.4, -0.2) is 12.6 Å². The van der Waals surface area contributed by atoms with Crippen LogP contribution in [0.4, 0.5) is 11.4 Å². The SMILES string of the molecule is CCCN(c1cc(C)cc(N)c1)C(C)C. The van der Waals surface area contributed by atoms with Crippen LogP contribution < -0.4 is 10.6 Å². The highest BCUT2D eigenvalue weighted by atomic mass is 15.1. The van der Waals surface area contributed by atoms with Crippen molar-refractivity contribution in [1.29, 1.82) is 0 Å². The summed E-state index contributed by atoms with van der Waals surface area (Å²) in [6, 6.07) is 6.79. The number of hydrogen-bond donors (Lipinski definition) is 1. The summed E-state index contributed by atoms with van der Waals surface area (Å²) < 4.78 is 0. The highest BCUT2D eigenvalue weighted by molar-refractivity contribution is 5.58. The Morgan fingerprint density at radius 2 is 1.93 bits per heavy atom. The molecule has 0 saturated carbocycles. The van der Waals surface area contributed by atoms with Gasteiger partial charge in [0, 0.05) is 24.0 Å². The van der Waals surface area contributed by atoms with E-state index in [1.165, 1.54) is 11.3 Å². The molecule has 0 heterocycles. The van der Waals surface area contributed by atoms with E-state index >= 15 is 0 Å². The molecule has 2 nitrogen and oxygen atoms in total. The normalized spacial score (nSPS) is 10.7. The van der Waals surface area contributed by atoms with E-state index in [1.54, 1.807) is 0 Å². The highest BCUT2D eigenvalue weighted by Crippen LogP contribution is 2.22. The Balaban J connectivity index is 2.99. The van der Waals surface area contributed by atoms with Gasteiger partial charge in [0.1, 0.15) is 0 Å². The predicted octanol–water partition coefficient (Wildman–Crippen LogP) is 3.20. The monoisotopic (exact) mass is 206 g/mol. The van der Waals surface area contributed by atoms with Gasteiger partial charge in [-0.25, -0.2) is 0 Å². The maximum Gasteiger partial charge on any atom is 0.0391 e. The summed E-state index contributed by atoms with van der Waals surface area (Å²) >= 11 is 0. The molecule has 0 atom stereocenters. The molecular formula is C13H22N2. The third-order valence-corrected chi connectivity index (χ3v) is 2.50. The largest absolute Gasteiger partial charge is 0.399 e. The minimum atomic E-state index is 0.520. The van der Waals surface area contributed by atoms with E-state index in [0.717, 1.165) is 18.7 Å². The minimum Gasteiger partial charge on any atom is -0.399 e. The molecular weight excluding hydrogens is 184 g/mol. The fraction of sp³-hybridized carbons (Fsp3) is 0.538. The molecule has 0 saturated heterocycles. The fourth-order valence-electron chi connectivity index (χ4n) is 1.88. The van der Waals surface area contributed by atoms with Gasteiger partial charge in [-0.1, -0.05) is 6.92 Å². The molecule has 0 amide bonds. The average molecular weight is 206 g/mol. The van der Waals surface area contributed by atoms with Crippen LogP contribution in [0.1, 0.15) is 32.8 Å². The van der Waals surface area contributed by atoms with E-state index in [1.807, 2.05) is 6.07 Å². The van der Waals surface area contributed by atoms with Gasteiger partial charge >= 0.3 is 0 Å². The smallest absolute Gasteiger partial charge is 0.0391 e. The maximum absolute atomic E-state index is 5.87. The van der Waals surface area contributed by atoms with Gasteiger partial charge in [0.25, 0.3) is 0 Å². The maximum atomic E-state index is 5.87. The summed E-state index contributed by atoms with van der Waals surface area (Å²) in [6.07, 6.45) is 1.16. The van der Waals surface area contributed by atoms with Crippen molar-refractivity contribution in [1.82, 2.24) is 0 Å². The van der Waals surface area contributed by atoms with E-state index in [-0.39, 0.29) is 0 Å². The second-order valence-electron chi connectivity index (χ2n) is 4.39. The lowest BCUT2D eigenvalue weighted by molar-refractivity contribution is 0.671. The van der Waals surface area contributed by atoms with Crippen molar-refractivity contribution < 1.29 is 0 Å². The summed E-state index contributed by atoms with van der Waals surface area (Å²) in [6.45, 7) is 9.81. The number of nitrogens with zero attached hydrogens (tertiary/aromatic N) is 1. The minimum absolute atomic E-state index is 0.520. The van der Waals surface area contributed by atoms with Crippen LogP contribution in [0.2, 0.25) is 0 Å². The lowest BCUT2D eigenvalue weighted by Gasteiger charge is -2.29. The molecule has 0 aliphatic rings. The number of nitrogen functional groups attached to an aromatic ring is 1. The summed E-state index contributed by atoms with van der Waals surface area (Å²) in [5, 5.41) is 0. The molecule has 2 N–H and O–H groups in total. The molecule has 0 unspecified atom stereocenters. The summed E-state index contributed by atoms with van der Waals surface area (Å²) in [5.41, 5.74) is 9.19. The van der Waals surface area contributed by atoms with Crippen molar-refractivity contribution in [2.45, 2.75) is 40.2 Å². The van der Waals surface area contributed by atoms with Crippen LogP contribution in [0.15, 0.2) is 18.2 Å². The van der Waals surface area contributed by atoms with E-state index < -0.39 is 0 Å². The lowest BCUT2D eigenvalue weighted by atomic mass is 10.1. The van der Waals surface area contributed by atoms with Crippen LogP contribution in [-0.2, 0) is 0 Å². The molecule has 84 valence electrons. The van der Waals surface area contributed by atoms with Gasteiger partial charge in [0.2, 0.25) is 0 Å².